The summed E-state index contributed by atoms with van der Waals surface area (Å²) < 4.78 is 11.8. The van der Waals surface area contributed by atoms with Gasteiger partial charge in [-0.25, -0.2) is 4.79 Å². The molecule has 0 radical (unpaired) electrons. The first kappa shape index (κ1) is 33.5. The molecule has 0 N–H and O–H groups in total. The van der Waals surface area contributed by atoms with E-state index in [9.17, 15) is 14.9 Å². The molecule has 0 aromatic heterocycles. The Labute approximate surface area is 220 Å². The lowest BCUT2D eigenvalue weighted by Crippen LogP contribution is -2.38. The highest BCUT2D eigenvalue weighted by Crippen LogP contribution is 2.24. The zero-order valence-electron chi connectivity index (χ0n) is 24.2. The number of ketones is 1. The third kappa shape index (κ3) is 12.5. The molecule has 0 saturated heterocycles. The predicted octanol–water partition coefficient (Wildman–Crippen LogP) is 7.93. The van der Waals surface area contributed by atoms with Gasteiger partial charge >= 0.3 is 5.97 Å². The number of esters is 1. The second kappa shape index (κ2) is 16.3. The van der Waals surface area contributed by atoms with E-state index < -0.39 is 13.9 Å². The lowest BCUT2D eigenvalue weighted by molar-refractivity contribution is -0.149. The molecule has 1 atom stereocenters. The van der Waals surface area contributed by atoms with Crippen LogP contribution in [0.1, 0.15) is 82.1 Å². The number of rotatable bonds is 14. The molecule has 0 fully saturated rings. The Morgan fingerprint density at radius 1 is 1.06 bits per heavy atom. The molecule has 0 heterocycles. The maximum absolute atomic E-state index is 12.8. The van der Waals surface area contributed by atoms with E-state index in [4.69, 9.17) is 9.16 Å². The molecule has 0 unspecified atom stereocenters. The van der Waals surface area contributed by atoms with E-state index in [-0.39, 0.29) is 23.4 Å². The molecule has 0 spiro atoms. The van der Waals surface area contributed by atoms with Gasteiger partial charge in [-0.2, -0.15) is 5.26 Å². The molecule has 0 aromatic rings. The number of unbranched alkanes of at least 4 members (excludes halogenated alkanes) is 1. The molecular formula is C30H47NO4Si. The van der Waals surface area contributed by atoms with Crippen molar-refractivity contribution < 1.29 is 18.8 Å². The van der Waals surface area contributed by atoms with Gasteiger partial charge in [-0.05, 0) is 97.2 Å². The number of carbonyl (C=O) groups is 2. The highest BCUT2D eigenvalue weighted by molar-refractivity contribution is 6.73. The van der Waals surface area contributed by atoms with Crippen molar-refractivity contribution in [1.82, 2.24) is 0 Å². The number of carbonyl (C=O) groups excluding carboxylic acids is 2. The normalized spacial score (nSPS) is 15.1. The Morgan fingerprint density at radius 3 is 2.11 bits per heavy atom. The van der Waals surface area contributed by atoms with E-state index in [1.807, 2.05) is 59.8 Å². The number of hydrogen-bond donors (Lipinski definition) is 0. The van der Waals surface area contributed by atoms with Crippen LogP contribution in [-0.2, 0) is 18.8 Å². The molecule has 200 valence electrons. The fourth-order valence-corrected chi connectivity index (χ4v) is 6.54. The topological polar surface area (TPSA) is 76.4 Å². The van der Waals surface area contributed by atoms with Gasteiger partial charge in [-0.3, -0.25) is 4.79 Å². The third-order valence-electron chi connectivity index (χ3n) is 5.99. The van der Waals surface area contributed by atoms with Crippen LogP contribution in [0.5, 0.6) is 0 Å². The largest absolute Gasteiger partial charge is 0.456 e. The summed E-state index contributed by atoms with van der Waals surface area (Å²) >= 11 is 0. The van der Waals surface area contributed by atoms with Gasteiger partial charge in [0.2, 0.25) is 0 Å². The quantitative estimate of drug-likeness (QED) is 0.0588. The fraction of sp³-hybridized carbons (Fsp3) is 0.567. The zero-order chi connectivity index (χ0) is 27.9. The van der Waals surface area contributed by atoms with Crippen molar-refractivity contribution in [1.29, 1.82) is 5.26 Å². The van der Waals surface area contributed by atoms with Crippen LogP contribution in [0.3, 0.4) is 0 Å². The van der Waals surface area contributed by atoms with Crippen LogP contribution in [0.2, 0.25) is 18.1 Å². The van der Waals surface area contributed by atoms with Gasteiger partial charge in [0.15, 0.2) is 14.1 Å². The Kier molecular flexibility index (Phi) is 15.2. The Morgan fingerprint density at radius 2 is 1.64 bits per heavy atom. The number of ether oxygens (including phenoxy) is 1. The minimum Gasteiger partial charge on any atom is -0.456 e. The van der Waals surface area contributed by atoms with Crippen LogP contribution < -0.4 is 0 Å². The molecule has 0 aliphatic carbocycles. The third-order valence-corrected chi connectivity index (χ3v) is 10.7. The second-order valence-corrected chi connectivity index (χ2v) is 14.8. The van der Waals surface area contributed by atoms with Crippen LogP contribution in [0, 0.1) is 11.3 Å². The van der Waals surface area contributed by atoms with E-state index in [0.717, 1.165) is 30.1 Å². The van der Waals surface area contributed by atoms with Gasteiger partial charge in [-0.1, -0.05) is 50.6 Å². The molecule has 36 heavy (non-hydrogen) atoms. The van der Waals surface area contributed by atoms with Gasteiger partial charge in [0.1, 0.15) is 11.7 Å². The van der Waals surface area contributed by atoms with E-state index >= 15 is 0 Å². The van der Waals surface area contributed by atoms with Gasteiger partial charge in [0.25, 0.3) is 0 Å². The Balaban J connectivity index is 5.12. The summed E-state index contributed by atoms with van der Waals surface area (Å²) in [5, 5.41) is 9.56. The van der Waals surface area contributed by atoms with Crippen LogP contribution >= 0.6 is 0 Å². The van der Waals surface area contributed by atoms with Crippen molar-refractivity contribution in [3.8, 4) is 6.07 Å². The average molecular weight is 514 g/mol. The summed E-state index contributed by atoms with van der Waals surface area (Å²) in [5.74, 6) is -0.595. The molecular weight excluding hydrogens is 466 g/mol. The number of hydrogen-bond acceptors (Lipinski definition) is 5. The summed E-state index contributed by atoms with van der Waals surface area (Å²) in [4.78, 5) is 25.1. The summed E-state index contributed by atoms with van der Waals surface area (Å²) in [6, 6.07) is 5.12. The summed E-state index contributed by atoms with van der Waals surface area (Å²) in [6.07, 6.45) is 12.2. The lowest BCUT2D eigenvalue weighted by Gasteiger charge is -2.30. The first-order valence-electron chi connectivity index (χ1n) is 13.0. The van der Waals surface area contributed by atoms with Gasteiger partial charge in [-0.15, -0.1) is 0 Å². The molecule has 0 amide bonds. The molecule has 0 bridgehead atoms. The van der Waals surface area contributed by atoms with Gasteiger partial charge < -0.3 is 9.16 Å². The number of allylic oxidation sites excluding steroid dienone is 7. The van der Waals surface area contributed by atoms with Crippen molar-refractivity contribution in [2.75, 3.05) is 0 Å². The molecule has 0 aliphatic rings. The van der Waals surface area contributed by atoms with E-state index in [1.54, 1.807) is 25.2 Å². The fourth-order valence-electron chi connectivity index (χ4n) is 3.69. The van der Waals surface area contributed by atoms with Crippen LogP contribution in [0.4, 0.5) is 0 Å². The zero-order valence-corrected chi connectivity index (χ0v) is 25.2. The van der Waals surface area contributed by atoms with Crippen LogP contribution in [0.15, 0.2) is 58.7 Å². The smallest absolute Gasteiger partial charge is 0.338 e. The van der Waals surface area contributed by atoms with E-state index in [0.29, 0.717) is 17.6 Å². The summed E-state index contributed by atoms with van der Waals surface area (Å²) in [7, 11) is -1.81. The Hall–Kier alpha value is -2.49. The molecule has 0 saturated carbocycles. The van der Waals surface area contributed by atoms with Crippen molar-refractivity contribution in [3.63, 3.8) is 0 Å². The minimum atomic E-state index is -1.81. The number of Topliss-reactive ketones (excluding diaryl/α,β-unsaturated/α-hetero) is 1. The van der Waals surface area contributed by atoms with E-state index in [1.165, 1.54) is 0 Å². The number of nitrogens with zero attached hydrogens (tertiary/aromatic N) is 1. The predicted molar refractivity (Wildman–Crippen MR) is 152 cm³/mol. The van der Waals surface area contributed by atoms with Gasteiger partial charge in [0, 0.05) is 0 Å². The number of nitriles is 1. The van der Waals surface area contributed by atoms with Crippen molar-refractivity contribution in [3.05, 3.63) is 58.7 Å². The minimum absolute atomic E-state index is 0.137. The highest BCUT2D eigenvalue weighted by Gasteiger charge is 2.30. The van der Waals surface area contributed by atoms with E-state index in [2.05, 4.69) is 26.8 Å². The maximum Gasteiger partial charge on any atom is 0.338 e. The molecule has 6 heteroatoms. The average Bonchev–Trinajstić information content (AvgIpc) is 2.82. The van der Waals surface area contributed by atoms with Crippen LogP contribution in [-0.4, -0.2) is 31.8 Å². The second-order valence-electron chi connectivity index (χ2n) is 10.1. The molecule has 5 nitrogen and oxygen atoms in total. The SMILES string of the molecule is C\C=C(/C=C(C)/C=C/CC/C=C(\C)C(=O)/C(C#N)=C/[C@H](C)O[Si](CC)(CC)CC)C(=O)OC(C)(C)C. The highest BCUT2D eigenvalue weighted by atomic mass is 28.4. The standard InChI is InChI=1S/C30H47NO4Si/c1-11-26(29(33)34-30(8,9)10)20-23(5)18-16-15-17-19-24(6)28(32)27(22-31)21-25(7)35-36(12-2,13-3)14-4/h11,16,18-21,25H,12-15,17H2,1-10H3/b18-16+,23-20+,24-19+,26-11+,27-21+/t25-/m0/s1. The monoisotopic (exact) mass is 513 g/mol. The maximum atomic E-state index is 12.8. The van der Waals surface area contributed by atoms with Crippen molar-refractivity contribution in [2.45, 2.75) is 112 Å². The van der Waals surface area contributed by atoms with Crippen LogP contribution in [0.25, 0.3) is 0 Å². The first-order valence-corrected chi connectivity index (χ1v) is 15.6. The van der Waals surface area contributed by atoms with Crippen molar-refractivity contribution in [2.24, 2.45) is 0 Å². The summed E-state index contributed by atoms with van der Waals surface area (Å²) in [6.45, 7) is 19.4. The Bertz CT molecular complexity index is 927. The van der Waals surface area contributed by atoms with Crippen molar-refractivity contribution >= 4 is 20.1 Å². The molecule has 0 rings (SSSR count). The molecule has 0 aromatic carbocycles. The lowest BCUT2D eigenvalue weighted by atomic mass is 10.0. The molecule has 0 aliphatic heterocycles. The van der Waals surface area contributed by atoms with Gasteiger partial charge in [0.05, 0.1) is 17.3 Å². The first-order chi connectivity index (χ1) is 16.8. The summed E-state index contributed by atoms with van der Waals surface area (Å²) in [5.41, 5.74) is 1.60.